The number of nitrogens with zero attached hydrogens (tertiary/aromatic N) is 1. The summed E-state index contributed by atoms with van der Waals surface area (Å²) < 4.78 is 42.0. The fourth-order valence-electron chi connectivity index (χ4n) is 1.75. The quantitative estimate of drug-likeness (QED) is 0.308. The van der Waals surface area contributed by atoms with Crippen LogP contribution >= 0.6 is 24.0 Å². The van der Waals surface area contributed by atoms with E-state index in [9.17, 15) is 18.0 Å². The van der Waals surface area contributed by atoms with E-state index in [-0.39, 0.29) is 35.9 Å². The first-order valence-electron chi connectivity index (χ1n) is 6.96. The van der Waals surface area contributed by atoms with E-state index in [1.54, 1.807) is 14.0 Å². The zero-order valence-corrected chi connectivity index (χ0v) is 15.9. The largest absolute Gasteiger partial charge is 0.469 e. The van der Waals surface area contributed by atoms with Crippen molar-refractivity contribution in [2.45, 2.75) is 19.6 Å². The Morgan fingerprint density at radius 2 is 1.83 bits per heavy atom. The Morgan fingerprint density at radius 1 is 1.25 bits per heavy atom. The molecule has 0 aromatic heterocycles. The summed E-state index contributed by atoms with van der Waals surface area (Å²) in [6, 6.07) is 4.87. The lowest BCUT2D eigenvalue weighted by Crippen LogP contribution is -2.40. The lowest BCUT2D eigenvalue weighted by Gasteiger charge is -2.15. The van der Waals surface area contributed by atoms with E-state index >= 15 is 0 Å². The molecule has 0 fully saturated rings. The number of benzene rings is 1. The van der Waals surface area contributed by atoms with Gasteiger partial charge in [-0.25, -0.2) is 0 Å². The number of guanidine groups is 1. The molecule has 0 amide bonds. The van der Waals surface area contributed by atoms with E-state index in [2.05, 4.69) is 20.4 Å². The van der Waals surface area contributed by atoms with Crippen LogP contribution in [0.25, 0.3) is 0 Å². The van der Waals surface area contributed by atoms with Crippen LogP contribution < -0.4 is 10.6 Å². The maximum absolute atomic E-state index is 12.5. The van der Waals surface area contributed by atoms with Gasteiger partial charge in [-0.15, -0.1) is 24.0 Å². The summed E-state index contributed by atoms with van der Waals surface area (Å²) in [6.07, 6.45) is -4.34. The van der Waals surface area contributed by atoms with Gasteiger partial charge in [-0.2, -0.15) is 13.2 Å². The number of rotatable bonds is 5. The molecule has 0 saturated heterocycles. The lowest BCUT2D eigenvalue weighted by atomic mass is 10.1. The molecule has 9 heteroatoms. The number of esters is 1. The maximum atomic E-state index is 12.5. The minimum Gasteiger partial charge on any atom is -0.469 e. The van der Waals surface area contributed by atoms with Crippen LogP contribution in [-0.2, 0) is 22.3 Å². The van der Waals surface area contributed by atoms with Gasteiger partial charge in [0.05, 0.1) is 18.6 Å². The molecule has 0 aliphatic heterocycles. The Morgan fingerprint density at radius 3 is 2.29 bits per heavy atom. The Hall–Kier alpha value is -1.52. The smallest absolute Gasteiger partial charge is 0.416 e. The number of carbonyl (C=O) groups is 1. The molecule has 0 heterocycles. The van der Waals surface area contributed by atoms with Gasteiger partial charge < -0.3 is 15.4 Å². The molecule has 1 aromatic carbocycles. The van der Waals surface area contributed by atoms with Crippen LogP contribution in [0, 0.1) is 5.92 Å². The predicted molar refractivity (Wildman–Crippen MR) is 96.2 cm³/mol. The zero-order valence-electron chi connectivity index (χ0n) is 13.6. The molecule has 0 spiro atoms. The highest BCUT2D eigenvalue weighted by atomic mass is 127. The predicted octanol–water partition coefficient (Wildman–Crippen LogP) is 2.80. The molecule has 1 aromatic rings. The monoisotopic (exact) mass is 459 g/mol. The molecular weight excluding hydrogens is 438 g/mol. The van der Waals surface area contributed by atoms with Crippen LogP contribution in [0.15, 0.2) is 29.3 Å². The molecule has 5 nitrogen and oxygen atoms in total. The normalized spacial score (nSPS) is 12.8. The van der Waals surface area contributed by atoms with Crippen molar-refractivity contribution in [2.75, 3.05) is 20.7 Å². The van der Waals surface area contributed by atoms with E-state index in [0.717, 1.165) is 12.1 Å². The summed E-state index contributed by atoms with van der Waals surface area (Å²) in [5.41, 5.74) is -0.00220. The van der Waals surface area contributed by atoms with E-state index in [1.807, 2.05) is 0 Å². The van der Waals surface area contributed by atoms with Crippen LogP contribution in [0.2, 0.25) is 0 Å². The van der Waals surface area contributed by atoms with Gasteiger partial charge >= 0.3 is 12.1 Å². The fourth-order valence-corrected chi connectivity index (χ4v) is 1.75. The number of alkyl halides is 3. The number of hydrogen-bond acceptors (Lipinski definition) is 3. The summed E-state index contributed by atoms with van der Waals surface area (Å²) in [7, 11) is 2.88. The molecule has 0 saturated carbocycles. The van der Waals surface area contributed by atoms with E-state index in [1.165, 1.54) is 19.2 Å². The van der Waals surface area contributed by atoms with Gasteiger partial charge in [-0.1, -0.05) is 19.1 Å². The summed E-state index contributed by atoms with van der Waals surface area (Å²) in [4.78, 5) is 15.3. The molecule has 0 aliphatic carbocycles. The van der Waals surface area contributed by atoms with Crippen molar-refractivity contribution in [3.8, 4) is 0 Å². The summed E-state index contributed by atoms with van der Waals surface area (Å²) in [6.45, 7) is 2.35. The molecular formula is C15H21F3IN3O2. The van der Waals surface area contributed by atoms with Crippen LogP contribution in [0.4, 0.5) is 13.2 Å². The lowest BCUT2D eigenvalue weighted by molar-refractivity contribution is -0.144. The first kappa shape index (κ1) is 22.5. The Bertz CT molecular complexity index is 548. The minimum absolute atomic E-state index is 0. The molecule has 1 atom stereocenters. The fraction of sp³-hybridized carbons (Fsp3) is 0.467. The average molecular weight is 459 g/mol. The van der Waals surface area contributed by atoms with Crippen molar-refractivity contribution in [1.29, 1.82) is 0 Å². The van der Waals surface area contributed by atoms with Gasteiger partial charge in [-0.05, 0) is 17.7 Å². The van der Waals surface area contributed by atoms with Crippen molar-refractivity contribution in [3.63, 3.8) is 0 Å². The zero-order chi connectivity index (χ0) is 17.5. The van der Waals surface area contributed by atoms with Crippen molar-refractivity contribution in [3.05, 3.63) is 35.4 Å². The van der Waals surface area contributed by atoms with Crippen molar-refractivity contribution >= 4 is 35.9 Å². The topological polar surface area (TPSA) is 62.7 Å². The third-order valence-corrected chi connectivity index (χ3v) is 3.14. The maximum Gasteiger partial charge on any atom is 0.416 e. The van der Waals surface area contributed by atoms with Gasteiger partial charge in [0.1, 0.15) is 0 Å². The summed E-state index contributed by atoms with van der Waals surface area (Å²) >= 11 is 0. The van der Waals surface area contributed by atoms with Crippen LogP contribution in [0.5, 0.6) is 0 Å². The van der Waals surface area contributed by atoms with Crippen molar-refractivity contribution in [1.82, 2.24) is 10.6 Å². The average Bonchev–Trinajstić information content (AvgIpc) is 2.53. The first-order valence-corrected chi connectivity index (χ1v) is 6.96. The minimum atomic E-state index is -4.34. The second-order valence-electron chi connectivity index (χ2n) is 4.93. The number of hydrogen-bond donors (Lipinski definition) is 2. The number of ether oxygens (including phenoxy) is 1. The number of carbonyl (C=O) groups excluding carboxylic acids is 1. The second-order valence-corrected chi connectivity index (χ2v) is 4.93. The Labute approximate surface area is 156 Å². The molecule has 1 rings (SSSR count). The van der Waals surface area contributed by atoms with Crippen molar-refractivity contribution < 1.29 is 22.7 Å². The Balaban J connectivity index is 0.00000529. The first-order chi connectivity index (χ1) is 10.8. The highest BCUT2D eigenvalue weighted by Gasteiger charge is 2.29. The number of nitrogens with one attached hydrogen (secondary N) is 2. The summed E-state index contributed by atoms with van der Waals surface area (Å²) in [5.74, 6) is -0.235. The number of aliphatic imine (C=N–C) groups is 1. The molecule has 0 bridgehead atoms. The number of halogens is 4. The third kappa shape index (κ3) is 7.37. The molecule has 24 heavy (non-hydrogen) atoms. The molecule has 1 unspecified atom stereocenters. The van der Waals surface area contributed by atoms with Gasteiger partial charge in [-0.3, -0.25) is 9.79 Å². The highest BCUT2D eigenvalue weighted by molar-refractivity contribution is 14.0. The summed E-state index contributed by atoms with van der Waals surface area (Å²) in [5, 5.41) is 5.91. The molecule has 0 aliphatic rings. The van der Waals surface area contributed by atoms with E-state index in [4.69, 9.17) is 0 Å². The van der Waals surface area contributed by atoms with E-state index < -0.39 is 11.7 Å². The molecule has 136 valence electrons. The van der Waals surface area contributed by atoms with Gasteiger partial charge in [0.15, 0.2) is 5.96 Å². The Kier molecular flexibility index (Phi) is 9.71. The van der Waals surface area contributed by atoms with Crippen LogP contribution in [0.3, 0.4) is 0 Å². The molecule has 0 radical (unpaired) electrons. The van der Waals surface area contributed by atoms with Gasteiger partial charge in [0.25, 0.3) is 0 Å². The van der Waals surface area contributed by atoms with Gasteiger partial charge in [0.2, 0.25) is 0 Å². The van der Waals surface area contributed by atoms with Crippen LogP contribution in [-0.4, -0.2) is 32.6 Å². The van der Waals surface area contributed by atoms with Crippen molar-refractivity contribution in [2.24, 2.45) is 10.9 Å². The molecule has 2 N–H and O–H groups in total. The van der Waals surface area contributed by atoms with E-state index in [0.29, 0.717) is 24.6 Å². The standard InChI is InChI=1S/C15H20F3N3O2.HI/c1-10(13(22)23-3)8-20-14(19-2)21-9-11-4-6-12(7-5-11)15(16,17)18;/h4-7,10H,8-9H2,1-3H3,(H2,19,20,21);1H. The highest BCUT2D eigenvalue weighted by Crippen LogP contribution is 2.28. The number of methoxy groups -OCH3 is 1. The SMILES string of the molecule is CN=C(NCc1ccc(C(F)(F)F)cc1)NCC(C)C(=O)OC.I. The van der Waals surface area contributed by atoms with Crippen LogP contribution in [0.1, 0.15) is 18.1 Å². The second kappa shape index (κ2) is 10.4. The van der Waals surface area contributed by atoms with Gasteiger partial charge in [0, 0.05) is 20.1 Å². The third-order valence-electron chi connectivity index (χ3n) is 3.14.